The Morgan fingerprint density at radius 3 is 2.71 bits per heavy atom. The fourth-order valence-electron chi connectivity index (χ4n) is 2.27. The van der Waals surface area contributed by atoms with Crippen molar-refractivity contribution in [3.05, 3.63) is 35.7 Å². The molecule has 1 N–H and O–H groups in total. The number of thiazole rings is 1. The van der Waals surface area contributed by atoms with Gasteiger partial charge in [-0.3, -0.25) is 4.79 Å². The third kappa shape index (κ3) is 3.30. The maximum atomic E-state index is 12.0. The van der Waals surface area contributed by atoms with Crippen LogP contribution in [-0.4, -0.2) is 30.8 Å². The van der Waals surface area contributed by atoms with Gasteiger partial charge in [-0.25, -0.2) is 13.4 Å². The van der Waals surface area contributed by atoms with Gasteiger partial charge in [-0.1, -0.05) is 30.3 Å². The maximum absolute atomic E-state index is 12.0. The molecular weight excluding hydrogens is 308 g/mol. The third-order valence-electron chi connectivity index (χ3n) is 3.38. The molecule has 110 valence electrons. The van der Waals surface area contributed by atoms with E-state index in [0.29, 0.717) is 12.2 Å². The van der Waals surface area contributed by atoms with Crippen LogP contribution in [0.2, 0.25) is 0 Å². The normalized spacial score (nSPS) is 20.3. The molecule has 1 aliphatic heterocycles. The van der Waals surface area contributed by atoms with E-state index in [1.807, 2.05) is 30.3 Å². The Morgan fingerprint density at radius 2 is 2.05 bits per heavy atom. The molecule has 1 amide bonds. The lowest BCUT2D eigenvalue weighted by Crippen LogP contribution is -2.23. The Balaban J connectivity index is 1.69. The fourth-order valence-corrected chi connectivity index (χ4v) is 4.77. The van der Waals surface area contributed by atoms with Crippen molar-refractivity contribution < 1.29 is 13.2 Å². The molecule has 2 heterocycles. The molecule has 1 atom stereocenters. The Morgan fingerprint density at radius 1 is 1.29 bits per heavy atom. The second-order valence-corrected chi connectivity index (χ2v) is 8.08. The zero-order valence-corrected chi connectivity index (χ0v) is 12.8. The molecule has 1 aliphatic rings. The minimum absolute atomic E-state index is 0.0610. The van der Waals surface area contributed by atoms with Crippen LogP contribution in [0.5, 0.6) is 0 Å². The van der Waals surface area contributed by atoms with Crippen LogP contribution in [0, 0.1) is 5.92 Å². The first-order chi connectivity index (χ1) is 10.0. The second kappa shape index (κ2) is 5.57. The molecule has 0 radical (unpaired) electrons. The zero-order chi connectivity index (χ0) is 14.9. The van der Waals surface area contributed by atoms with E-state index in [-0.39, 0.29) is 17.4 Å². The number of hydrogen-bond donors (Lipinski definition) is 1. The first kappa shape index (κ1) is 14.2. The molecule has 0 saturated carbocycles. The molecule has 0 aliphatic carbocycles. The summed E-state index contributed by atoms with van der Waals surface area (Å²) in [6.45, 7) is 0. The SMILES string of the molecule is O=C(Nc1csc(-c2ccccc2)n1)C1CCS(=O)(=O)C1. The molecule has 1 aromatic carbocycles. The summed E-state index contributed by atoms with van der Waals surface area (Å²) in [6.07, 6.45) is 0.393. The first-order valence-corrected chi connectivity index (χ1v) is 9.26. The van der Waals surface area contributed by atoms with Crippen molar-refractivity contribution in [1.82, 2.24) is 4.98 Å². The van der Waals surface area contributed by atoms with Crippen molar-refractivity contribution in [2.45, 2.75) is 6.42 Å². The largest absolute Gasteiger partial charge is 0.310 e. The maximum Gasteiger partial charge on any atom is 0.229 e. The summed E-state index contributed by atoms with van der Waals surface area (Å²) < 4.78 is 22.8. The van der Waals surface area contributed by atoms with Crippen LogP contribution in [-0.2, 0) is 14.6 Å². The smallest absolute Gasteiger partial charge is 0.229 e. The average molecular weight is 322 g/mol. The van der Waals surface area contributed by atoms with E-state index in [1.165, 1.54) is 11.3 Å². The number of amides is 1. The van der Waals surface area contributed by atoms with Crippen molar-refractivity contribution in [1.29, 1.82) is 0 Å². The third-order valence-corrected chi connectivity index (χ3v) is 6.04. The van der Waals surface area contributed by atoms with E-state index < -0.39 is 15.8 Å². The summed E-state index contributed by atoms with van der Waals surface area (Å²) >= 11 is 1.44. The van der Waals surface area contributed by atoms with Crippen LogP contribution in [0.25, 0.3) is 10.6 Å². The summed E-state index contributed by atoms with van der Waals surface area (Å²) in [5, 5.41) is 5.30. The molecular formula is C14H14N2O3S2. The van der Waals surface area contributed by atoms with Crippen molar-refractivity contribution in [2.75, 3.05) is 16.8 Å². The highest BCUT2D eigenvalue weighted by molar-refractivity contribution is 7.91. The van der Waals surface area contributed by atoms with Gasteiger partial charge in [0.15, 0.2) is 9.84 Å². The number of anilines is 1. The van der Waals surface area contributed by atoms with Gasteiger partial charge in [0, 0.05) is 10.9 Å². The molecule has 0 spiro atoms. The minimum atomic E-state index is -3.05. The van der Waals surface area contributed by atoms with Gasteiger partial charge in [-0.2, -0.15) is 0 Å². The van der Waals surface area contributed by atoms with Crippen LogP contribution in [0.3, 0.4) is 0 Å². The summed E-state index contributed by atoms with van der Waals surface area (Å²) in [4.78, 5) is 16.4. The van der Waals surface area contributed by atoms with Crippen molar-refractivity contribution in [3.8, 4) is 10.6 Å². The quantitative estimate of drug-likeness (QED) is 0.940. The number of carbonyl (C=O) groups is 1. The average Bonchev–Trinajstić information content (AvgIpc) is 3.06. The summed E-state index contributed by atoms with van der Waals surface area (Å²) in [6, 6.07) is 9.69. The van der Waals surface area contributed by atoms with Crippen LogP contribution in [0.15, 0.2) is 35.7 Å². The van der Waals surface area contributed by atoms with Gasteiger partial charge in [-0.15, -0.1) is 11.3 Å². The van der Waals surface area contributed by atoms with E-state index >= 15 is 0 Å². The summed E-state index contributed by atoms with van der Waals surface area (Å²) in [5.41, 5.74) is 0.992. The van der Waals surface area contributed by atoms with E-state index in [9.17, 15) is 13.2 Å². The van der Waals surface area contributed by atoms with E-state index in [4.69, 9.17) is 0 Å². The molecule has 1 saturated heterocycles. The van der Waals surface area contributed by atoms with Gasteiger partial charge in [0.1, 0.15) is 10.8 Å². The molecule has 7 heteroatoms. The fraction of sp³-hybridized carbons (Fsp3) is 0.286. The van der Waals surface area contributed by atoms with Crippen molar-refractivity contribution in [2.24, 2.45) is 5.92 Å². The van der Waals surface area contributed by atoms with Gasteiger partial charge in [0.25, 0.3) is 0 Å². The Labute approximate surface area is 127 Å². The van der Waals surface area contributed by atoms with E-state index in [2.05, 4.69) is 10.3 Å². The lowest BCUT2D eigenvalue weighted by atomic mass is 10.1. The number of nitrogens with one attached hydrogen (secondary N) is 1. The molecule has 5 nitrogen and oxygen atoms in total. The lowest BCUT2D eigenvalue weighted by molar-refractivity contribution is -0.119. The molecule has 21 heavy (non-hydrogen) atoms. The molecule has 1 aromatic heterocycles. The number of hydrogen-bond acceptors (Lipinski definition) is 5. The highest BCUT2D eigenvalue weighted by Gasteiger charge is 2.33. The van der Waals surface area contributed by atoms with Gasteiger partial charge in [0.2, 0.25) is 5.91 Å². The van der Waals surface area contributed by atoms with Crippen molar-refractivity contribution in [3.63, 3.8) is 0 Å². The standard InChI is InChI=1S/C14H14N2O3S2/c17-13(11-6-7-21(18,19)9-11)15-12-8-20-14(16-12)10-4-2-1-3-5-10/h1-5,8,11H,6-7,9H2,(H,15,17). The predicted octanol–water partition coefficient (Wildman–Crippen LogP) is 2.18. The number of aromatic nitrogens is 1. The minimum Gasteiger partial charge on any atom is -0.310 e. The predicted molar refractivity (Wildman–Crippen MR) is 82.9 cm³/mol. The van der Waals surface area contributed by atoms with Crippen LogP contribution >= 0.6 is 11.3 Å². The molecule has 0 bridgehead atoms. The molecule has 3 rings (SSSR count). The number of carbonyl (C=O) groups excluding carboxylic acids is 1. The highest BCUT2D eigenvalue weighted by atomic mass is 32.2. The first-order valence-electron chi connectivity index (χ1n) is 6.56. The monoisotopic (exact) mass is 322 g/mol. The van der Waals surface area contributed by atoms with Gasteiger partial charge in [0.05, 0.1) is 17.4 Å². The van der Waals surface area contributed by atoms with Gasteiger partial charge >= 0.3 is 0 Å². The van der Waals surface area contributed by atoms with Crippen molar-refractivity contribution >= 4 is 32.9 Å². The molecule has 2 aromatic rings. The topological polar surface area (TPSA) is 76.1 Å². The van der Waals surface area contributed by atoms with Crippen LogP contribution in [0.4, 0.5) is 5.82 Å². The molecule has 1 unspecified atom stereocenters. The number of benzene rings is 1. The summed E-state index contributed by atoms with van der Waals surface area (Å²) in [5.74, 6) is -0.211. The number of rotatable bonds is 3. The Bertz CT molecular complexity index is 754. The molecule has 1 fully saturated rings. The summed E-state index contributed by atoms with van der Waals surface area (Å²) in [7, 11) is -3.05. The highest BCUT2D eigenvalue weighted by Crippen LogP contribution is 2.26. The van der Waals surface area contributed by atoms with E-state index in [0.717, 1.165) is 10.6 Å². The lowest BCUT2D eigenvalue weighted by Gasteiger charge is -2.06. The number of sulfone groups is 1. The second-order valence-electron chi connectivity index (χ2n) is 4.99. The van der Waals surface area contributed by atoms with Crippen LogP contribution < -0.4 is 5.32 Å². The van der Waals surface area contributed by atoms with Crippen LogP contribution in [0.1, 0.15) is 6.42 Å². The van der Waals surface area contributed by atoms with Gasteiger partial charge in [-0.05, 0) is 6.42 Å². The van der Waals surface area contributed by atoms with E-state index in [1.54, 1.807) is 5.38 Å². The Kier molecular flexibility index (Phi) is 3.77. The van der Waals surface area contributed by atoms with Gasteiger partial charge < -0.3 is 5.32 Å². The zero-order valence-electron chi connectivity index (χ0n) is 11.2. The Hall–Kier alpha value is -1.73. The number of nitrogens with zero attached hydrogens (tertiary/aromatic N) is 1.